The summed E-state index contributed by atoms with van der Waals surface area (Å²) < 4.78 is 10.1. The first-order valence-electron chi connectivity index (χ1n) is 5.58. The van der Waals surface area contributed by atoms with Gasteiger partial charge in [0.2, 0.25) is 0 Å². The molecule has 1 aromatic carbocycles. The lowest BCUT2D eigenvalue weighted by Crippen LogP contribution is -2.17. The van der Waals surface area contributed by atoms with Crippen molar-refractivity contribution in [2.75, 3.05) is 19.0 Å². The summed E-state index contributed by atoms with van der Waals surface area (Å²) in [6.07, 6.45) is -0.535. The van der Waals surface area contributed by atoms with Crippen LogP contribution in [0.25, 0.3) is 0 Å². The third-order valence-corrected chi connectivity index (χ3v) is 2.12. The molecular formula is C13H16N2O3. The minimum atomic E-state index is -0.535. The Morgan fingerprint density at radius 2 is 2.22 bits per heavy atom. The first kappa shape index (κ1) is 13.8. The zero-order valence-corrected chi connectivity index (χ0v) is 10.7. The van der Waals surface area contributed by atoms with E-state index < -0.39 is 6.09 Å². The molecular weight excluding hydrogens is 232 g/mol. The molecule has 1 amide bonds. The largest absolute Gasteiger partial charge is 0.495 e. The summed E-state index contributed by atoms with van der Waals surface area (Å²) in [5.41, 5.74) is 0.943. The number of benzene rings is 1. The molecule has 0 bridgehead atoms. The van der Waals surface area contributed by atoms with Gasteiger partial charge in [-0.25, -0.2) is 4.79 Å². The van der Waals surface area contributed by atoms with E-state index in [9.17, 15) is 4.79 Å². The number of rotatable bonds is 4. The van der Waals surface area contributed by atoms with Gasteiger partial charge in [-0.05, 0) is 18.1 Å². The van der Waals surface area contributed by atoms with Crippen LogP contribution in [0.1, 0.15) is 19.4 Å². The van der Waals surface area contributed by atoms with E-state index in [2.05, 4.69) is 5.32 Å². The lowest BCUT2D eigenvalue weighted by molar-refractivity contribution is 0.147. The van der Waals surface area contributed by atoms with Crippen molar-refractivity contribution in [2.24, 2.45) is 5.92 Å². The van der Waals surface area contributed by atoms with Gasteiger partial charge in [0.15, 0.2) is 0 Å². The van der Waals surface area contributed by atoms with Gasteiger partial charge < -0.3 is 9.47 Å². The number of nitriles is 1. The zero-order chi connectivity index (χ0) is 13.5. The molecule has 18 heavy (non-hydrogen) atoms. The SMILES string of the molecule is COc1cc(C#N)ccc1NC(=O)OCC(C)C. The molecule has 0 saturated heterocycles. The zero-order valence-electron chi connectivity index (χ0n) is 10.7. The number of nitrogens with one attached hydrogen (secondary N) is 1. The molecule has 1 rings (SSSR count). The van der Waals surface area contributed by atoms with E-state index in [1.807, 2.05) is 19.9 Å². The van der Waals surface area contributed by atoms with Crippen LogP contribution in [0.2, 0.25) is 0 Å². The summed E-state index contributed by atoms with van der Waals surface area (Å²) >= 11 is 0. The topological polar surface area (TPSA) is 71.3 Å². The second kappa shape index (κ2) is 6.50. The highest BCUT2D eigenvalue weighted by Crippen LogP contribution is 2.25. The highest BCUT2D eigenvalue weighted by molar-refractivity contribution is 5.86. The lowest BCUT2D eigenvalue weighted by atomic mass is 10.2. The maximum Gasteiger partial charge on any atom is 0.411 e. The normalized spacial score (nSPS) is 9.72. The highest BCUT2D eigenvalue weighted by Gasteiger charge is 2.09. The predicted molar refractivity (Wildman–Crippen MR) is 67.5 cm³/mol. The van der Waals surface area contributed by atoms with Crippen molar-refractivity contribution in [3.63, 3.8) is 0 Å². The Morgan fingerprint density at radius 1 is 1.50 bits per heavy atom. The van der Waals surface area contributed by atoms with Crippen molar-refractivity contribution in [1.82, 2.24) is 0 Å². The molecule has 0 heterocycles. The summed E-state index contributed by atoms with van der Waals surface area (Å²) in [4.78, 5) is 11.5. The number of nitrogens with zero attached hydrogens (tertiary/aromatic N) is 1. The van der Waals surface area contributed by atoms with Gasteiger partial charge >= 0.3 is 6.09 Å². The molecule has 0 radical (unpaired) electrons. The molecule has 0 saturated carbocycles. The van der Waals surface area contributed by atoms with Crippen molar-refractivity contribution >= 4 is 11.8 Å². The highest BCUT2D eigenvalue weighted by atomic mass is 16.5. The van der Waals surface area contributed by atoms with Crippen LogP contribution in [-0.2, 0) is 4.74 Å². The molecule has 0 atom stereocenters. The maximum atomic E-state index is 11.5. The molecule has 0 unspecified atom stereocenters. The molecule has 0 aliphatic carbocycles. The first-order valence-corrected chi connectivity index (χ1v) is 5.58. The van der Waals surface area contributed by atoms with E-state index in [-0.39, 0.29) is 5.92 Å². The van der Waals surface area contributed by atoms with Crippen molar-refractivity contribution < 1.29 is 14.3 Å². The third kappa shape index (κ3) is 3.98. The fourth-order valence-corrected chi connectivity index (χ4v) is 1.25. The minimum Gasteiger partial charge on any atom is -0.495 e. The molecule has 0 aromatic heterocycles. The standard InChI is InChI=1S/C13H16N2O3/c1-9(2)8-18-13(16)15-11-5-4-10(7-14)6-12(11)17-3/h4-6,9H,8H2,1-3H3,(H,15,16). The van der Waals surface area contributed by atoms with Gasteiger partial charge in [-0.3, -0.25) is 5.32 Å². The molecule has 5 heteroatoms. The molecule has 0 aliphatic rings. The summed E-state index contributed by atoms with van der Waals surface area (Å²) in [6, 6.07) is 6.75. The van der Waals surface area contributed by atoms with Crippen molar-refractivity contribution in [1.29, 1.82) is 5.26 Å². The van der Waals surface area contributed by atoms with Crippen LogP contribution in [0.4, 0.5) is 10.5 Å². The lowest BCUT2D eigenvalue weighted by Gasteiger charge is -2.11. The van der Waals surface area contributed by atoms with Crippen LogP contribution < -0.4 is 10.1 Å². The number of ether oxygens (including phenoxy) is 2. The van der Waals surface area contributed by atoms with Crippen molar-refractivity contribution in [3.05, 3.63) is 23.8 Å². The fraction of sp³-hybridized carbons (Fsp3) is 0.385. The Kier molecular flexibility index (Phi) is 5.00. The number of amides is 1. The minimum absolute atomic E-state index is 0.276. The Morgan fingerprint density at radius 3 is 2.78 bits per heavy atom. The third-order valence-electron chi connectivity index (χ3n) is 2.12. The summed E-state index contributed by atoms with van der Waals surface area (Å²) in [6.45, 7) is 4.26. The smallest absolute Gasteiger partial charge is 0.411 e. The van der Waals surface area contributed by atoms with E-state index in [4.69, 9.17) is 14.7 Å². The van der Waals surface area contributed by atoms with Gasteiger partial charge in [0.25, 0.3) is 0 Å². The molecule has 96 valence electrons. The van der Waals surface area contributed by atoms with E-state index in [1.165, 1.54) is 7.11 Å². The van der Waals surface area contributed by atoms with Crippen LogP contribution in [0.3, 0.4) is 0 Å². The Bertz CT molecular complexity index is 464. The van der Waals surface area contributed by atoms with Crippen molar-refractivity contribution in [2.45, 2.75) is 13.8 Å². The number of methoxy groups -OCH3 is 1. The average molecular weight is 248 g/mol. The quantitative estimate of drug-likeness (QED) is 0.889. The second-order valence-corrected chi connectivity index (χ2v) is 4.14. The van der Waals surface area contributed by atoms with Crippen molar-refractivity contribution in [3.8, 4) is 11.8 Å². The van der Waals surface area contributed by atoms with Gasteiger partial charge in [0.05, 0.1) is 31.0 Å². The molecule has 1 aromatic rings. The van der Waals surface area contributed by atoms with E-state index in [1.54, 1.807) is 18.2 Å². The fourth-order valence-electron chi connectivity index (χ4n) is 1.25. The van der Waals surface area contributed by atoms with Gasteiger partial charge in [-0.1, -0.05) is 13.8 Å². The molecule has 1 N–H and O–H groups in total. The molecule has 0 fully saturated rings. The number of hydrogen-bond acceptors (Lipinski definition) is 4. The Hall–Kier alpha value is -2.22. The van der Waals surface area contributed by atoms with Gasteiger partial charge in [0.1, 0.15) is 5.75 Å². The van der Waals surface area contributed by atoms with Gasteiger partial charge in [-0.15, -0.1) is 0 Å². The van der Waals surface area contributed by atoms with Crippen LogP contribution in [0.5, 0.6) is 5.75 Å². The van der Waals surface area contributed by atoms with Crippen LogP contribution >= 0.6 is 0 Å². The Labute approximate surface area is 106 Å². The van der Waals surface area contributed by atoms with E-state index >= 15 is 0 Å². The van der Waals surface area contributed by atoms with Crippen LogP contribution in [0.15, 0.2) is 18.2 Å². The predicted octanol–water partition coefficient (Wildman–Crippen LogP) is 2.77. The number of carbonyl (C=O) groups is 1. The molecule has 0 spiro atoms. The summed E-state index contributed by atoms with van der Waals surface area (Å²) in [5, 5.41) is 11.3. The van der Waals surface area contributed by atoms with Crippen LogP contribution in [0, 0.1) is 17.2 Å². The molecule has 5 nitrogen and oxygen atoms in total. The van der Waals surface area contributed by atoms with E-state index in [0.29, 0.717) is 23.6 Å². The number of hydrogen-bond donors (Lipinski definition) is 1. The maximum absolute atomic E-state index is 11.5. The van der Waals surface area contributed by atoms with Crippen LogP contribution in [-0.4, -0.2) is 19.8 Å². The van der Waals surface area contributed by atoms with E-state index in [0.717, 1.165) is 0 Å². The number of carbonyl (C=O) groups excluding carboxylic acids is 1. The van der Waals surface area contributed by atoms with Gasteiger partial charge in [-0.2, -0.15) is 5.26 Å². The average Bonchev–Trinajstić information content (AvgIpc) is 2.36. The Balaban J connectivity index is 2.72. The monoisotopic (exact) mass is 248 g/mol. The van der Waals surface area contributed by atoms with Gasteiger partial charge in [0, 0.05) is 6.07 Å². The first-order chi connectivity index (χ1) is 8.56. The molecule has 0 aliphatic heterocycles. The number of anilines is 1. The second-order valence-electron chi connectivity index (χ2n) is 4.14. The summed E-state index contributed by atoms with van der Waals surface area (Å²) in [5.74, 6) is 0.703. The summed E-state index contributed by atoms with van der Waals surface area (Å²) in [7, 11) is 1.47.